The highest BCUT2D eigenvalue weighted by atomic mass is 32.1. The molecule has 5 atom stereocenters. The molecular formula is C35H41N5O7S. The van der Waals surface area contributed by atoms with E-state index in [1.165, 1.54) is 16.2 Å². The molecule has 3 N–H and O–H groups in total. The fourth-order valence-electron chi connectivity index (χ4n) is 6.39. The lowest BCUT2D eigenvalue weighted by Gasteiger charge is -2.30. The molecule has 12 nitrogen and oxygen atoms in total. The van der Waals surface area contributed by atoms with Crippen LogP contribution in [0.5, 0.6) is 5.88 Å². The summed E-state index contributed by atoms with van der Waals surface area (Å²) in [5.74, 6) is -2.23. The van der Waals surface area contributed by atoms with Crippen molar-refractivity contribution in [2.24, 2.45) is 5.92 Å². The number of benzene rings is 1. The van der Waals surface area contributed by atoms with Crippen LogP contribution in [0.25, 0.3) is 21.6 Å². The van der Waals surface area contributed by atoms with Gasteiger partial charge in [-0.1, -0.05) is 43.2 Å². The van der Waals surface area contributed by atoms with E-state index >= 15 is 0 Å². The number of rotatable bonds is 5. The molecule has 3 unspecified atom stereocenters. The summed E-state index contributed by atoms with van der Waals surface area (Å²) in [7, 11) is 0. The molecule has 0 spiro atoms. The Balaban J connectivity index is 1.32. The summed E-state index contributed by atoms with van der Waals surface area (Å²) in [6.07, 6.45) is 6.18. The topological polar surface area (TPSA) is 160 Å². The van der Waals surface area contributed by atoms with Crippen molar-refractivity contribution >= 4 is 46.2 Å². The van der Waals surface area contributed by atoms with E-state index in [2.05, 4.69) is 10.6 Å². The number of aliphatic carboxylic acids is 1. The number of carbonyl (C=O) groups is 4. The summed E-state index contributed by atoms with van der Waals surface area (Å²) in [5, 5.41) is 17.6. The number of carboxylic acids is 1. The SMILES string of the molecule is CC(C)(C)OC(=O)N[C@H]1CCCCC/C=C\C2CC2(C(=O)O)NC(=O)C2C[C@@H](Oc3nc4ccccc4nc3-c3cccs3)CN2C1=O. The molecule has 1 aromatic carbocycles. The van der Waals surface area contributed by atoms with Gasteiger partial charge in [0, 0.05) is 12.3 Å². The van der Waals surface area contributed by atoms with Crippen LogP contribution < -0.4 is 15.4 Å². The number of thiophene rings is 1. The average molecular weight is 676 g/mol. The zero-order chi connectivity index (χ0) is 34.1. The fraction of sp³-hybridized carbons (Fsp3) is 0.486. The number of fused-ring (bicyclic) bond motifs is 3. The number of allylic oxidation sites excluding steroid dienone is 1. The summed E-state index contributed by atoms with van der Waals surface area (Å²) < 4.78 is 12.0. The average Bonchev–Trinajstić information content (AvgIpc) is 3.34. The standard InChI is InChI=1S/C35H41N5O7S/c1-34(2,3)47-33(45)38-25-15-8-6-4-5-7-12-21-19-35(21,32(43)44)39-29(41)26-18-22(20-40(26)31(25)42)46-30-28(27-16-11-17-48-27)36-23-13-9-10-14-24(23)37-30/h7,9-14,16-17,21-22,25-26H,4-6,8,15,18-20H2,1-3H3,(H,38,45)(H,39,41)(H,43,44)/b12-7-/t21?,22-,25+,26?,35?/m1/s1. The number of alkyl carbamates (subject to hydrolysis) is 1. The molecule has 2 fully saturated rings. The molecular weight excluding hydrogens is 634 g/mol. The maximum atomic E-state index is 14.3. The van der Waals surface area contributed by atoms with E-state index in [0.717, 1.165) is 24.1 Å². The van der Waals surface area contributed by atoms with Gasteiger partial charge < -0.3 is 30.1 Å². The molecule has 0 radical (unpaired) electrons. The quantitative estimate of drug-likeness (QED) is 0.314. The number of carboxylic acid groups (broad SMARTS) is 1. The van der Waals surface area contributed by atoms with Gasteiger partial charge in [-0.15, -0.1) is 11.3 Å². The van der Waals surface area contributed by atoms with Crippen molar-refractivity contribution in [3.05, 3.63) is 53.9 Å². The third kappa shape index (κ3) is 7.30. The van der Waals surface area contributed by atoms with Crippen LogP contribution in [0.3, 0.4) is 0 Å². The van der Waals surface area contributed by atoms with Crippen molar-refractivity contribution in [1.29, 1.82) is 0 Å². The third-order valence-corrected chi connectivity index (χ3v) is 9.76. The summed E-state index contributed by atoms with van der Waals surface area (Å²) in [5.41, 5.74) is -0.337. The van der Waals surface area contributed by atoms with Crippen molar-refractivity contribution in [1.82, 2.24) is 25.5 Å². The first-order valence-electron chi connectivity index (χ1n) is 16.4. The first kappa shape index (κ1) is 33.4. The lowest BCUT2D eigenvalue weighted by atomic mass is 10.0. The molecule has 0 bridgehead atoms. The Morgan fingerprint density at radius 3 is 2.56 bits per heavy atom. The van der Waals surface area contributed by atoms with Gasteiger partial charge in [-0.05, 0) is 70.0 Å². The van der Waals surface area contributed by atoms with Crippen molar-refractivity contribution in [2.75, 3.05) is 6.54 Å². The monoisotopic (exact) mass is 675 g/mol. The molecule has 6 rings (SSSR count). The number of ether oxygens (including phenoxy) is 2. The number of aromatic nitrogens is 2. The lowest BCUT2D eigenvalue weighted by molar-refractivity contribution is -0.145. The summed E-state index contributed by atoms with van der Waals surface area (Å²) in [6.45, 7) is 5.24. The smallest absolute Gasteiger partial charge is 0.408 e. The van der Waals surface area contributed by atoms with E-state index < -0.39 is 53.2 Å². The number of para-hydroxylation sites is 2. The van der Waals surface area contributed by atoms with Gasteiger partial charge in [-0.25, -0.2) is 19.6 Å². The van der Waals surface area contributed by atoms with E-state index in [1.807, 2.05) is 53.9 Å². The van der Waals surface area contributed by atoms with Gasteiger partial charge >= 0.3 is 12.1 Å². The van der Waals surface area contributed by atoms with Crippen LogP contribution in [-0.4, -0.2) is 79.7 Å². The van der Waals surface area contributed by atoms with Gasteiger partial charge in [0.05, 0.1) is 22.5 Å². The van der Waals surface area contributed by atoms with Gasteiger partial charge in [0.25, 0.3) is 0 Å². The predicted molar refractivity (Wildman–Crippen MR) is 179 cm³/mol. The van der Waals surface area contributed by atoms with E-state index in [-0.39, 0.29) is 31.2 Å². The highest BCUT2D eigenvalue weighted by Gasteiger charge is 2.61. The number of nitrogens with zero attached hydrogens (tertiary/aromatic N) is 3. The van der Waals surface area contributed by atoms with Gasteiger partial charge in [-0.3, -0.25) is 9.59 Å². The van der Waals surface area contributed by atoms with Gasteiger partial charge in [0.15, 0.2) is 0 Å². The maximum absolute atomic E-state index is 14.3. The molecule has 1 saturated heterocycles. The van der Waals surface area contributed by atoms with Crippen molar-refractivity contribution in [2.45, 2.75) is 95.0 Å². The van der Waals surface area contributed by atoms with E-state index in [4.69, 9.17) is 19.4 Å². The second kappa shape index (κ2) is 13.5. The van der Waals surface area contributed by atoms with Crippen LogP contribution in [0, 0.1) is 5.92 Å². The van der Waals surface area contributed by atoms with Crippen LogP contribution in [0.4, 0.5) is 4.79 Å². The fourth-order valence-corrected chi connectivity index (χ4v) is 7.10. The summed E-state index contributed by atoms with van der Waals surface area (Å²) >= 11 is 1.49. The molecule has 3 aromatic rings. The molecule has 4 heterocycles. The van der Waals surface area contributed by atoms with Crippen molar-refractivity contribution in [3.63, 3.8) is 0 Å². The first-order chi connectivity index (χ1) is 22.9. The van der Waals surface area contributed by atoms with E-state index in [0.29, 0.717) is 29.6 Å². The normalized spacial score (nSPS) is 27.1. The Hall–Kier alpha value is -4.52. The Morgan fingerprint density at radius 1 is 1.08 bits per heavy atom. The van der Waals surface area contributed by atoms with Gasteiger partial charge in [0.2, 0.25) is 17.7 Å². The highest BCUT2D eigenvalue weighted by molar-refractivity contribution is 7.13. The third-order valence-electron chi connectivity index (χ3n) is 8.88. The summed E-state index contributed by atoms with van der Waals surface area (Å²) in [6, 6.07) is 9.27. The van der Waals surface area contributed by atoms with Crippen LogP contribution in [0.2, 0.25) is 0 Å². The Kier molecular flexibility index (Phi) is 9.41. The maximum Gasteiger partial charge on any atom is 0.408 e. The molecule has 254 valence electrons. The van der Waals surface area contributed by atoms with Crippen LogP contribution in [0.1, 0.15) is 65.7 Å². The van der Waals surface area contributed by atoms with Crippen molar-refractivity contribution < 1.29 is 33.8 Å². The number of nitrogens with one attached hydrogen (secondary N) is 2. The minimum absolute atomic E-state index is 0.0191. The number of hydrogen-bond donors (Lipinski definition) is 3. The highest BCUT2D eigenvalue weighted by Crippen LogP contribution is 2.45. The molecule has 1 saturated carbocycles. The van der Waals surface area contributed by atoms with Crippen LogP contribution in [-0.2, 0) is 19.1 Å². The lowest BCUT2D eigenvalue weighted by Crippen LogP contribution is -2.56. The second-order valence-electron chi connectivity index (χ2n) is 13.7. The molecule has 3 amide bonds. The number of amides is 3. The Morgan fingerprint density at radius 2 is 1.85 bits per heavy atom. The van der Waals surface area contributed by atoms with Crippen LogP contribution in [0.15, 0.2) is 53.9 Å². The number of carbonyl (C=O) groups excluding carboxylic acids is 3. The van der Waals surface area contributed by atoms with Crippen molar-refractivity contribution in [3.8, 4) is 16.5 Å². The van der Waals surface area contributed by atoms with E-state index in [9.17, 15) is 24.3 Å². The van der Waals surface area contributed by atoms with Gasteiger partial charge in [-0.2, -0.15) is 0 Å². The molecule has 48 heavy (non-hydrogen) atoms. The molecule has 13 heteroatoms. The Labute approximate surface area is 282 Å². The molecule has 1 aliphatic carbocycles. The minimum atomic E-state index is -1.44. The zero-order valence-electron chi connectivity index (χ0n) is 27.3. The summed E-state index contributed by atoms with van der Waals surface area (Å²) in [4.78, 5) is 65.5. The number of hydrogen-bond acceptors (Lipinski definition) is 9. The van der Waals surface area contributed by atoms with Gasteiger partial charge in [0.1, 0.15) is 35.0 Å². The molecule has 3 aliphatic rings. The molecule has 2 aliphatic heterocycles. The first-order valence-corrected chi connectivity index (χ1v) is 17.3. The zero-order valence-corrected chi connectivity index (χ0v) is 28.1. The Bertz CT molecular complexity index is 1720. The van der Waals surface area contributed by atoms with E-state index in [1.54, 1.807) is 20.8 Å². The minimum Gasteiger partial charge on any atom is -0.479 e. The largest absolute Gasteiger partial charge is 0.479 e. The molecule has 2 aromatic heterocycles. The predicted octanol–water partition coefficient (Wildman–Crippen LogP) is 5.08. The van der Waals surface area contributed by atoms with Crippen LogP contribution >= 0.6 is 11.3 Å². The second-order valence-corrected chi connectivity index (χ2v) is 14.6.